The average Bonchev–Trinajstić information content (AvgIpc) is 3.01. The van der Waals surface area contributed by atoms with Crippen LogP contribution in [-0.4, -0.2) is 48.3 Å². The lowest BCUT2D eigenvalue weighted by molar-refractivity contribution is -0.0757. The average molecular weight is 226 g/mol. The van der Waals surface area contributed by atoms with Crippen molar-refractivity contribution in [3.8, 4) is 0 Å². The summed E-state index contributed by atoms with van der Waals surface area (Å²) in [5.74, 6) is 0. The first-order valence-corrected chi connectivity index (χ1v) is 6.62. The minimum Gasteiger partial charge on any atom is -0.374 e. The van der Waals surface area contributed by atoms with Gasteiger partial charge in [-0.15, -0.1) is 0 Å². The van der Waals surface area contributed by atoms with Gasteiger partial charge in [0, 0.05) is 30.7 Å². The van der Waals surface area contributed by atoms with E-state index in [2.05, 4.69) is 37.9 Å². The molecule has 94 valence electrons. The van der Waals surface area contributed by atoms with E-state index in [-0.39, 0.29) is 5.54 Å². The molecule has 1 unspecified atom stereocenters. The first-order chi connectivity index (χ1) is 7.49. The van der Waals surface area contributed by atoms with E-state index in [1.807, 2.05) is 0 Å². The van der Waals surface area contributed by atoms with Gasteiger partial charge in [-0.1, -0.05) is 0 Å². The maximum absolute atomic E-state index is 5.95. The van der Waals surface area contributed by atoms with E-state index < -0.39 is 0 Å². The Morgan fingerprint density at radius 3 is 2.56 bits per heavy atom. The second-order valence-electron chi connectivity index (χ2n) is 6.09. The highest BCUT2D eigenvalue weighted by Gasteiger charge is 2.38. The van der Waals surface area contributed by atoms with Gasteiger partial charge in [0.2, 0.25) is 0 Å². The summed E-state index contributed by atoms with van der Waals surface area (Å²) in [6.45, 7) is 12.1. The molecular formula is C13H26N2O. The predicted molar refractivity (Wildman–Crippen MR) is 66.7 cm³/mol. The predicted octanol–water partition coefficient (Wildman–Crippen LogP) is 1.63. The molecule has 1 aliphatic carbocycles. The van der Waals surface area contributed by atoms with Crippen LogP contribution in [0.25, 0.3) is 0 Å². The number of nitrogens with one attached hydrogen (secondary N) is 1. The maximum Gasteiger partial charge on any atom is 0.0878 e. The molecule has 2 rings (SSSR count). The molecule has 0 aromatic rings. The smallest absolute Gasteiger partial charge is 0.0878 e. The highest BCUT2D eigenvalue weighted by Crippen LogP contribution is 2.26. The topological polar surface area (TPSA) is 24.5 Å². The van der Waals surface area contributed by atoms with Crippen molar-refractivity contribution in [2.24, 2.45) is 0 Å². The molecule has 1 aliphatic heterocycles. The molecule has 3 nitrogen and oxygen atoms in total. The zero-order valence-corrected chi connectivity index (χ0v) is 11.1. The summed E-state index contributed by atoms with van der Waals surface area (Å²) < 4.78 is 5.95. The number of morpholine rings is 1. The molecule has 1 saturated carbocycles. The lowest BCUT2D eigenvalue weighted by Gasteiger charge is -2.43. The van der Waals surface area contributed by atoms with Gasteiger partial charge in [0.15, 0.2) is 0 Å². The fraction of sp³-hybridized carbons (Fsp3) is 1.00. The molecule has 1 atom stereocenters. The van der Waals surface area contributed by atoms with E-state index in [0.717, 1.165) is 25.7 Å². The van der Waals surface area contributed by atoms with Crippen LogP contribution in [0.15, 0.2) is 0 Å². The van der Waals surface area contributed by atoms with E-state index in [1.54, 1.807) is 0 Å². The Labute approximate surface area is 99.5 Å². The normalized spacial score (nSPS) is 28.7. The molecule has 2 fully saturated rings. The van der Waals surface area contributed by atoms with Crippen LogP contribution in [0.1, 0.15) is 40.5 Å². The van der Waals surface area contributed by atoms with Gasteiger partial charge >= 0.3 is 0 Å². The lowest BCUT2D eigenvalue weighted by atomic mass is 9.95. The van der Waals surface area contributed by atoms with Gasteiger partial charge in [0.1, 0.15) is 0 Å². The summed E-state index contributed by atoms with van der Waals surface area (Å²) in [7, 11) is 0. The van der Waals surface area contributed by atoms with Crippen molar-refractivity contribution in [1.29, 1.82) is 0 Å². The van der Waals surface area contributed by atoms with Gasteiger partial charge in [-0.3, -0.25) is 4.90 Å². The minimum atomic E-state index is 0.106. The van der Waals surface area contributed by atoms with E-state index in [0.29, 0.717) is 12.1 Å². The zero-order valence-electron chi connectivity index (χ0n) is 11.1. The quantitative estimate of drug-likeness (QED) is 0.788. The molecule has 1 heterocycles. The van der Waals surface area contributed by atoms with Gasteiger partial charge < -0.3 is 10.1 Å². The van der Waals surface area contributed by atoms with Gasteiger partial charge in [0.05, 0.1) is 12.7 Å². The van der Waals surface area contributed by atoms with E-state index >= 15 is 0 Å². The van der Waals surface area contributed by atoms with E-state index in [9.17, 15) is 0 Å². The highest BCUT2D eigenvalue weighted by atomic mass is 16.5. The Hall–Kier alpha value is -0.120. The number of rotatable bonds is 4. The molecule has 3 heteroatoms. The minimum absolute atomic E-state index is 0.106. The first-order valence-electron chi connectivity index (χ1n) is 6.62. The van der Waals surface area contributed by atoms with Crippen LogP contribution < -0.4 is 5.32 Å². The van der Waals surface area contributed by atoms with Crippen LogP contribution in [-0.2, 0) is 4.74 Å². The molecule has 0 spiro atoms. The van der Waals surface area contributed by atoms with Gasteiger partial charge in [-0.2, -0.15) is 0 Å². The van der Waals surface area contributed by atoms with Gasteiger partial charge in [0.25, 0.3) is 0 Å². The summed E-state index contributed by atoms with van der Waals surface area (Å²) in [6, 6.07) is 1.37. The molecule has 0 aromatic carbocycles. The van der Waals surface area contributed by atoms with Crippen molar-refractivity contribution in [2.45, 2.75) is 64.3 Å². The standard InChI is InChI=1S/C13H26N2O/c1-10(2)15-7-8-16-12(9-15)13(3,4)14-11-5-6-11/h10-12,14H,5-9H2,1-4H3. The summed E-state index contributed by atoms with van der Waals surface area (Å²) in [5.41, 5.74) is 0.106. The molecule has 0 radical (unpaired) electrons. The largest absolute Gasteiger partial charge is 0.374 e. The van der Waals surface area contributed by atoms with E-state index in [4.69, 9.17) is 4.74 Å². The summed E-state index contributed by atoms with van der Waals surface area (Å²) >= 11 is 0. The van der Waals surface area contributed by atoms with Crippen LogP contribution >= 0.6 is 0 Å². The third-order valence-corrected chi connectivity index (χ3v) is 3.79. The van der Waals surface area contributed by atoms with Crippen molar-refractivity contribution in [1.82, 2.24) is 10.2 Å². The SMILES string of the molecule is CC(C)N1CCOC(C(C)(C)NC2CC2)C1. The number of nitrogens with zero attached hydrogens (tertiary/aromatic N) is 1. The molecular weight excluding hydrogens is 200 g/mol. The second kappa shape index (κ2) is 4.63. The first kappa shape index (κ1) is 12.3. The maximum atomic E-state index is 5.95. The molecule has 0 aromatic heterocycles. The summed E-state index contributed by atoms with van der Waals surface area (Å²) in [4.78, 5) is 2.52. The van der Waals surface area contributed by atoms with Crippen molar-refractivity contribution in [3.63, 3.8) is 0 Å². The van der Waals surface area contributed by atoms with Crippen molar-refractivity contribution >= 4 is 0 Å². The fourth-order valence-corrected chi connectivity index (χ4v) is 2.42. The molecule has 1 N–H and O–H groups in total. The van der Waals surface area contributed by atoms with Crippen molar-refractivity contribution < 1.29 is 4.74 Å². The Morgan fingerprint density at radius 2 is 2.00 bits per heavy atom. The fourth-order valence-electron chi connectivity index (χ4n) is 2.42. The number of hydrogen-bond donors (Lipinski definition) is 1. The van der Waals surface area contributed by atoms with Gasteiger partial charge in [-0.05, 0) is 40.5 Å². The van der Waals surface area contributed by atoms with Crippen molar-refractivity contribution in [3.05, 3.63) is 0 Å². The lowest BCUT2D eigenvalue weighted by Crippen LogP contribution is -2.59. The summed E-state index contributed by atoms with van der Waals surface area (Å²) in [5, 5.41) is 3.71. The monoisotopic (exact) mass is 226 g/mol. The Balaban J connectivity index is 1.91. The molecule has 0 bridgehead atoms. The van der Waals surface area contributed by atoms with Crippen LogP contribution in [0.2, 0.25) is 0 Å². The molecule has 0 amide bonds. The van der Waals surface area contributed by atoms with E-state index in [1.165, 1.54) is 12.8 Å². The van der Waals surface area contributed by atoms with Crippen LogP contribution in [0.4, 0.5) is 0 Å². The summed E-state index contributed by atoms with van der Waals surface area (Å²) in [6.07, 6.45) is 3.00. The number of hydrogen-bond acceptors (Lipinski definition) is 3. The third-order valence-electron chi connectivity index (χ3n) is 3.79. The van der Waals surface area contributed by atoms with Crippen molar-refractivity contribution in [2.75, 3.05) is 19.7 Å². The van der Waals surface area contributed by atoms with Crippen LogP contribution in [0.5, 0.6) is 0 Å². The molecule has 2 aliphatic rings. The van der Waals surface area contributed by atoms with Crippen LogP contribution in [0, 0.1) is 0 Å². The second-order valence-corrected chi connectivity index (χ2v) is 6.09. The Bertz CT molecular complexity index is 236. The molecule has 1 saturated heterocycles. The van der Waals surface area contributed by atoms with Gasteiger partial charge in [-0.25, -0.2) is 0 Å². The Kier molecular flexibility index (Phi) is 3.57. The zero-order chi connectivity index (χ0) is 11.8. The Morgan fingerprint density at radius 1 is 1.31 bits per heavy atom. The van der Waals surface area contributed by atoms with Crippen LogP contribution in [0.3, 0.4) is 0 Å². The highest BCUT2D eigenvalue weighted by molar-refractivity contribution is 4.97. The molecule has 16 heavy (non-hydrogen) atoms. The number of ether oxygens (including phenoxy) is 1. The third kappa shape index (κ3) is 2.96.